The average molecular weight is 358 g/mol. The van der Waals surface area contributed by atoms with E-state index < -0.39 is 0 Å². The van der Waals surface area contributed by atoms with Gasteiger partial charge in [0.1, 0.15) is 0 Å². The lowest BCUT2D eigenvalue weighted by molar-refractivity contribution is 0.311. The minimum absolute atomic E-state index is 0.445. The molecule has 0 aliphatic carbocycles. The van der Waals surface area contributed by atoms with Crippen molar-refractivity contribution in [1.29, 1.82) is 0 Å². The normalized spacial score (nSPS) is 11.0. The minimum atomic E-state index is 0.445. The Bertz CT molecular complexity index is 734. The van der Waals surface area contributed by atoms with Crippen molar-refractivity contribution in [3.8, 4) is 17.4 Å². The quantitative estimate of drug-likeness (QED) is 0.558. The number of nitrogens with zero attached hydrogens (tertiary/aromatic N) is 2. The fourth-order valence-corrected chi connectivity index (χ4v) is 2.36. The highest BCUT2D eigenvalue weighted by atomic mass is 16.5. The van der Waals surface area contributed by atoms with Crippen LogP contribution in [0, 0.1) is 0 Å². The maximum atomic E-state index is 5.62. The van der Waals surface area contributed by atoms with Gasteiger partial charge in [0.2, 0.25) is 5.88 Å². The van der Waals surface area contributed by atoms with Crippen LogP contribution in [0.1, 0.15) is 19.4 Å². The second-order valence-corrected chi connectivity index (χ2v) is 5.29. The van der Waals surface area contributed by atoms with Crippen molar-refractivity contribution in [1.82, 2.24) is 10.3 Å². The summed E-state index contributed by atoms with van der Waals surface area (Å²) in [6.07, 6.45) is 1.70. The first kappa shape index (κ1) is 19.4. The second kappa shape index (κ2) is 10.1. The molecule has 0 atom stereocenters. The first-order chi connectivity index (χ1) is 12.7. The van der Waals surface area contributed by atoms with Crippen LogP contribution < -0.4 is 24.8 Å². The van der Waals surface area contributed by atoms with Crippen molar-refractivity contribution in [2.75, 3.05) is 32.7 Å². The summed E-state index contributed by atoms with van der Waals surface area (Å²) in [5.74, 6) is 2.62. The van der Waals surface area contributed by atoms with Crippen LogP contribution in [0.25, 0.3) is 0 Å². The first-order valence-corrected chi connectivity index (χ1v) is 8.55. The number of nitrogens with one attached hydrogen (secondary N) is 2. The lowest BCUT2D eigenvalue weighted by Crippen LogP contribution is -2.30. The van der Waals surface area contributed by atoms with Gasteiger partial charge in [0.05, 0.1) is 27.4 Å². The highest BCUT2D eigenvalue weighted by molar-refractivity contribution is 5.93. The van der Waals surface area contributed by atoms with E-state index in [0.717, 1.165) is 17.8 Å². The summed E-state index contributed by atoms with van der Waals surface area (Å²) in [6, 6.07) is 9.48. The van der Waals surface area contributed by atoms with Gasteiger partial charge in [-0.1, -0.05) is 6.07 Å². The van der Waals surface area contributed by atoms with Gasteiger partial charge in [-0.05, 0) is 32.0 Å². The lowest BCUT2D eigenvalue weighted by Gasteiger charge is -2.14. The Balaban J connectivity index is 2.18. The summed E-state index contributed by atoms with van der Waals surface area (Å²) in [4.78, 5) is 8.80. The predicted molar refractivity (Wildman–Crippen MR) is 103 cm³/mol. The van der Waals surface area contributed by atoms with Gasteiger partial charge in [-0.25, -0.2) is 9.98 Å². The van der Waals surface area contributed by atoms with Gasteiger partial charge in [-0.3, -0.25) is 0 Å². The molecule has 0 radical (unpaired) electrons. The molecule has 0 spiro atoms. The van der Waals surface area contributed by atoms with Crippen LogP contribution in [0.15, 0.2) is 41.5 Å². The largest absolute Gasteiger partial charge is 0.493 e. The van der Waals surface area contributed by atoms with E-state index in [0.29, 0.717) is 36.5 Å². The third-order valence-electron chi connectivity index (χ3n) is 3.52. The van der Waals surface area contributed by atoms with Gasteiger partial charge >= 0.3 is 0 Å². The third-order valence-corrected chi connectivity index (χ3v) is 3.52. The fraction of sp³-hybridized carbons (Fsp3) is 0.368. The van der Waals surface area contributed by atoms with Crippen molar-refractivity contribution in [3.63, 3.8) is 0 Å². The number of anilines is 1. The van der Waals surface area contributed by atoms with Crippen LogP contribution >= 0.6 is 0 Å². The maximum Gasteiger partial charge on any atom is 0.218 e. The zero-order valence-electron chi connectivity index (χ0n) is 15.7. The summed E-state index contributed by atoms with van der Waals surface area (Å²) in [5.41, 5.74) is 1.77. The van der Waals surface area contributed by atoms with Crippen LogP contribution in [0.5, 0.6) is 17.4 Å². The van der Waals surface area contributed by atoms with E-state index in [1.54, 1.807) is 20.4 Å². The molecule has 7 nitrogen and oxygen atoms in total. The smallest absolute Gasteiger partial charge is 0.218 e. The number of ether oxygens (including phenoxy) is 3. The molecule has 140 valence electrons. The number of aliphatic imine (C=N–C) groups is 1. The maximum absolute atomic E-state index is 5.62. The Morgan fingerprint density at radius 1 is 1.12 bits per heavy atom. The van der Waals surface area contributed by atoms with Crippen LogP contribution in [0.4, 0.5) is 5.69 Å². The van der Waals surface area contributed by atoms with Gasteiger partial charge < -0.3 is 24.8 Å². The summed E-state index contributed by atoms with van der Waals surface area (Å²) in [7, 11) is 3.23. The molecular formula is C19H26N4O3. The van der Waals surface area contributed by atoms with E-state index in [1.165, 1.54) is 0 Å². The van der Waals surface area contributed by atoms with E-state index in [9.17, 15) is 0 Å². The van der Waals surface area contributed by atoms with Gasteiger partial charge in [0.15, 0.2) is 17.5 Å². The average Bonchev–Trinajstić information content (AvgIpc) is 2.67. The molecule has 0 unspecified atom stereocenters. The molecule has 0 saturated carbocycles. The predicted octanol–water partition coefficient (Wildman–Crippen LogP) is 3.08. The number of guanidine groups is 1. The van der Waals surface area contributed by atoms with Gasteiger partial charge in [0, 0.05) is 30.1 Å². The highest BCUT2D eigenvalue weighted by Gasteiger charge is 2.08. The van der Waals surface area contributed by atoms with E-state index in [-0.39, 0.29) is 0 Å². The van der Waals surface area contributed by atoms with Gasteiger partial charge in [-0.15, -0.1) is 0 Å². The van der Waals surface area contributed by atoms with Crippen LogP contribution in [-0.2, 0) is 6.54 Å². The molecule has 0 fully saturated rings. The van der Waals surface area contributed by atoms with Gasteiger partial charge in [-0.2, -0.15) is 0 Å². The molecule has 2 rings (SSSR count). The van der Waals surface area contributed by atoms with Crippen molar-refractivity contribution < 1.29 is 14.2 Å². The summed E-state index contributed by atoms with van der Waals surface area (Å²) in [6.45, 7) is 5.70. The van der Waals surface area contributed by atoms with Crippen LogP contribution in [0.2, 0.25) is 0 Å². The number of hydrogen-bond donors (Lipinski definition) is 2. The molecule has 1 heterocycles. The van der Waals surface area contributed by atoms with E-state index in [4.69, 9.17) is 14.2 Å². The third kappa shape index (κ3) is 5.27. The number of benzene rings is 1. The molecule has 0 bridgehead atoms. The number of pyridine rings is 1. The second-order valence-electron chi connectivity index (χ2n) is 5.29. The monoisotopic (exact) mass is 358 g/mol. The van der Waals surface area contributed by atoms with Crippen LogP contribution in [-0.4, -0.2) is 38.3 Å². The fourth-order valence-electron chi connectivity index (χ4n) is 2.36. The van der Waals surface area contributed by atoms with Crippen molar-refractivity contribution in [3.05, 3.63) is 42.1 Å². The Morgan fingerprint density at radius 3 is 2.65 bits per heavy atom. The summed E-state index contributed by atoms with van der Waals surface area (Å²) < 4.78 is 16.2. The molecule has 1 aromatic carbocycles. The SMILES string of the molecule is CCNC(=NCc1cccnc1OC)Nc1ccc(OC)c(OCC)c1. The Labute approximate surface area is 154 Å². The topological polar surface area (TPSA) is 77.0 Å². The zero-order valence-corrected chi connectivity index (χ0v) is 15.7. The zero-order chi connectivity index (χ0) is 18.8. The standard InChI is InChI=1S/C19H26N4O3/c1-5-20-19(22-13-14-8-7-11-21-18(14)25-4)23-15-9-10-16(24-3)17(12-15)26-6-2/h7-12H,5-6,13H2,1-4H3,(H2,20,22,23). The van der Waals surface area contributed by atoms with Crippen LogP contribution in [0.3, 0.4) is 0 Å². The molecule has 0 saturated heterocycles. The molecule has 7 heteroatoms. The van der Waals surface area contributed by atoms with E-state index in [2.05, 4.69) is 20.6 Å². The summed E-state index contributed by atoms with van der Waals surface area (Å²) in [5, 5.41) is 6.50. The molecule has 0 aliphatic heterocycles. The summed E-state index contributed by atoms with van der Waals surface area (Å²) >= 11 is 0. The Kier molecular flexibility index (Phi) is 7.54. The number of aromatic nitrogens is 1. The number of rotatable bonds is 8. The number of hydrogen-bond acceptors (Lipinski definition) is 5. The molecule has 0 aliphatic rings. The Hall–Kier alpha value is -2.96. The number of methoxy groups -OCH3 is 2. The first-order valence-electron chi connectivity index (χ1n) is 8.55. The molecule has 2 N–H and O–H groups in total. The van der Waals surface area contributed by atoms with E-state index in [1.807, 2.05) is 44.2 Å². The molecule has 0 amide bonds. The van der Waals surface area contributed by atoms with Crippen molar-refractivity contribution in [2.45, 2.75) is 20.4 Å². The molecule has 1 aromatic heterocycles. The van der Waals surface area contributed by atoms with Gasteiger partial charge in [0.25, 0.3) is 0 Å². The highest BCUT2D eigenvalue weighted by Crippen LogP contribution is 2.30. The van der Waals surface area contributed by atoms with Crippen molar-refractivity contribution >= 4 is 11.6 Å². The molecule has 2 aromatic rings. The van der Waals surface area contributed by atoms with E-state index >= 15 is 0 Å². The Morgan fingerprint density at radius 2 is 1.96 bits per heavy atom. The van der Waals surface area contributed by atoms with Crippen molar-refractivity contribution in [2.24, 2.45) is 4.99 Å². The minimum Gasteiger partial charge on any atom is -0.493 e. The lowest BCUT2D eigenvalue weighted by atomic mass is 10.2. The molecule has 26 heavy (non-hydrogen) atoms. The molecular weight excluding hydrogens is 332 g/mol.